The molecule has 1 aromatic heterocycles. The normalized spacial score (nSPS) is 16.2. The van der Waals surface area contributed by atoms with Crippen LogP contribution in [0.3, 0.4) is 0 Å². The minimum Gasteiger partial charge on any atom is -0.383 e. The first kappa shape index (κ1) is 15.1. The first-order valence-electron chi connectivity index (χ1n) is 6.88. The topological polar surface area (TPSA) is 90.0 Å². The van der Waals surface area contributed by atoms with E-state index >= 15 is 0 Å². The Balaban J connectivity index is 2.02. The molecule has 2 rings (SSSR count). The molecule has 1 aromatic rings. The van der Waals surface area contributed by atoms with Crippen LogP contribution in [0, 0.1) is 6.92 Å². The van der Waals surface area contributed by atoms with Crippen molar-refractivity contribution in [1.29, 1.82) is 0 Å². The zero-order valence-electron chi connectivity index (χ0n) is 12.0. The third-order valence-electron chi connectivity index (χ3n) is 3.60. The van der Waals surface area contributed by atoms with E-state index in [0.29, 0.717) is 12.2 Å². The second-order valence-corrected chi connectivity index (χ2v) is 6.88. The van der Waals surface area contributed by atoms with Crippen LogP contribution >= 0.6 is 0 Å². The highest BCUT2D eigenvalue weighted by Gasteiger charge is 2.24. The molecule has 0 saturated heterocycles. The molecule has 0 bridgehead atoms. The number of aryl methyl sites for hydroxylation is 2. The molecular formula is C13H22N4O2S. The van der Waals surface area contributed by atoms with E-state index in [-0.39, 0.29) is 10.7 Å². The molecule has 0 radical (unpaired) electrons. The van der Waals surface area contributed by atoms with Crippen LogP contribution in [0.2, 0.25) is 0 Å². The van der Waals surface area contributed by atoms with Gasteiger partial charge in [0.2, 0.25) is 10.0 Å². The average Bonchev–Trinajstić information content (AvgIpc) is 2.64. The van der Waals surface area contributed by atoms with Gasteiger partial charge in [0, 0.05) is 13.6 Å². The molecule has 0 spiro atoms. The number of nitrogens with one attached hydrogen (secondary N) is 1. The Labute approximate surface area is 120 Å². The second kappa shape index (κ2) is 5.97. The predicted molar refractivity (Wildman–Crippen MR) is 78.7 cm³/mol. The van der Waals surface area contributed by atoms with Gasteiger partial charge in [0.05, 0.1) is 5.69 Å². The molecule has 0 unspecified atom stereocenters. The van der Waals surface area contributed by atoms with Gasteiger partial charge in [-0.3, -0.25) is 4.68 Å². The molecular weight excluding hydrogens is 276 g/mol. The number of sulfonamides is 1. The van der Waals surface area contributed by atoms with Gasteiger partial charge in [-0.15, -0.1) is 0 Å². The van der Waals surface area contributed by atoms with Crippen LogP contribution in [-0.4, -0.2) is 24.7 Å². The number of allylic oxidation sites excluding steroid dienone is 1. The highest BCUT2D eigenvalue weighted by atomic mass is 32.2. The molecule has 0 saturated carbocycles. The Morgan fingerprint density at radius 2 is 2.20 bits per heavy atom. The lowest BCUT2D eigenvalue weighted by Crippen LogP contribution is -2.26. The number of nitrogen functional groups attached to an aromatic ring is 1. The largest absolute Gasteiger partial charge is 0.383 e. The number of nitrogens with zero attached hydrogens (tertiary/aromatic N) is 2. The lowest BCUT2D eigenvalue weighted by molar-refractivity contribution is 0.579. The Bertz CT molecular complexity index is 617. The quantitative estimate of drug-likeness (QED) is 0.806. The van der Waals surface area contributed by atoms with Crippen LogP contribution in [-0.2, 0) is 17.1 Å². The molecule has 1 aliphatic rings. The monoisotopic (exact) mass is 298 g/mol. The van der Waals surface area contributed by atoms with E-state index in [1.54, 1.807) is 14.0 Å². The number of hydrogen-bond donors (Lipinski definition) is 2. The summed E-state index contributed by atoms with van der Waals surface area (Å²) in [7, 11) is -1.95. The molecule has 0 fully saturated rings. The summed E-state index contributed by atoms with van der Waals surface area (Å²) in [6.45, 7) is 2.05. The maximum Gasteiger partial charge on any atom is 0.246 e. The lowest BCUT2D eigenvalue weighted by atomic mass is 9.97. The molecule has 0 aromatic carbocycles. The van der Waals surface area contributed by atoms with Gasteiger partial charge in [-0.25, -0.2) is 13.1 Å². The Morgan fingerprint density at radius 3 is 2.75 bits per heavy atom. The van der Waals surface area contributed by atoms with Crippen molar-refractivity contribution in [3.05, 3.63) is 17.3 Å². The number of nitrogens with two attached hydrogens (primary N) is 1. The summed E-state index contributed by atoms with van der Waals surface area (Å²) < 4.78 is 28.5. The minimum absolute atomic E-state index is 0.0950. The van der Waals surface area contributed by atoms with Crippen LogP contribution in [0.25, 0.3) is 0 Å². The Kier molecular flexibility index (Phi) is 4.49. The van der Waals surface area contributed by atoms with Gasteiger partial charge in [0.25, 0.3) is 0 Å². The highest BCUT2D eigenvalue weighted by molar-refractivity contribution is 7.89. The maximum absolute atomic E-state index is 12.3. The van der Waals surface area contributed by atoms with Crippen molar-refractivity contribution in [2.24, 2.45) is 7.05 Å². The lowest BCUT2D eigenvalue weighted by Gasteiger charge is -2.13. The molecule has 6 nitrogen and oxygen atoms in total. The zero-order chi connectivity index (χ0) is 14.8. The van der Waals surface area contributed by atoms with Crippen molar-refractivity contribution < 1.29 is 8.42 Å². The van der Waals surface area contributed by atoms with Crippen LogP contribution in [0.1, 0.15) is 37.8 Å². The standard InChI is InChI=1S/C13H22N4O2S/c1-10-12(13(14)17(2)16-10)20(18,19)15-9-8-11-6-4-3-5-7-11/h6,15H,3-5,7-9,14H2,1-2H3. The first-order valence-corrected chi connectivity index (χ1v) is 8.37. The third-order valence-corrected chi connectivity index (χ3v) is 5.23. The van der Waals surface area contributed by atoms with E-state index in [9.17, 15) is 8.42 Å². The molecule has 1 aliphatic carbocycles. The first-order chi connectivity index (χ1) is 9.42. The summed E-state index contributed by atoms with van der Waals surface area (Å²) in [5.41, 5.74) is 7.54. The van der Waals surface area contributed by atoms with Crippen molar-refractivity contribution in [1.82, 2.24) is 14.5 Å². The molecule has 3 N–H and O–H groups in total. The second-order valence-electron chi connectivity index (χ2n) is 5.18. The molecule has 7 heteroatoms. The molecule has 1 heterocycles. The zero-order valence-corrected chi connectivity index (χ0v) is 12.8. The third kappa shape index (κ3) is 3.21. The summed E-state index contributed by atoms with van der Waals surface area (Å²) in [6.07, 6.45) is 7.61. The predicted octanol–water partition coefficient (Wildman–Crippen LogP) is 1.48. The van der Waals surface area contributed by atoms with Gasteiger partial charge in [0.15, 0.2) is 0 Å². The van der Waals surface area contributed by atoms with Gasteiger partial charge in [-0.2, -0.15) is 5.10 Å². The summed E-state index contributed by atoms with van der Waals surface area (Å²) in [4.78, 5) is 0.0950. The smallest absolute Gasteiger partial charge is 0.246 e. The molecule has 20 heavy (non-hydrogen) atoms. The van der Waals surface area contributed by atoms with E-state index in [0.717, 1.165) is 19.3 Å². The molecule has 112 valence electrons. The van der Waals surface area contributed by atoms with Gasteiger partial charge in [-0.05, 0) is 39.0 Å². The van der Waals surface area contributed by atoms with Crippen LogP contribution in [0.5, 0.6) is 0 Å². The summed E-state index contributed by atoms with van der Waals surface area (Å²) in [5.74, 6) is 0.173. The molecule has 0 aliphatic heterocycles. The number of anilines is 1. The van der Waals surface area contributed by atoms with Crippen molar-refractivity contribution in [3.8, 4) is 0 Å². The van der Waals surface area contributed by atoms with Gasteiger partial charge >= 0.3 is 0 Å². The minimum atomic E-state index is -3.59. The van der Waals surface area contributed by atoms with E-state index in [2.05, 4.69) is 15.9 Å². The maximum atomic E-state index is 12.3. The van der Waals surface area contributed by atoms with E-state index in [4.69, 9.17) is 5.73 Å². The summed E-state index contributed by atoms with van der Waals surface area (Å²) in [5, 5.41) is 4.04. The van der Waals surface area contributed by atoms with Crippen molar-refractivity contribution in [3.63, 3.8) is 0 Å². The summed E-state index contributed by atoms with van der Waals surface area (Å²) >= 11 is 0. The van der Waals surface area contributed by atoms with Crippen molar-refractivity contribution >= 4 is 15.8 Å². The van der Waals surface area contributed by atoms with Gasteiger partial charge < -0.3 is 5.73 Å². The molecule has 0 amide bonds. The average molecular weight is 298 g/mol. The van der Waals surface area contributed by atoms with Crippen molar-refractivity contribution in [2.45, 2.75) is 43.9 Å². The fourth-order valence-corrected chi connectivity index (χ4v) is 3.89. The van der Waals surface area contributed by atoms with Crippen LogP contribution < -0.4 is 10.5 Å². The number of aromatic nitrogens is 2. The van der Waals surface area contributed by atoms with E-state index in [1.165, 1.54) is 23.1 Å². The number of rotatable bonds is 5. The number of hydrogen-bond acceptors (Lipinski definition) is 4. The SMILES string of the molecule is Cc1nn(C)c(N)c1S(=O)(=O)NCCC1=CCCCC1. The Hall–Kier alpha value is -1.34. The van der Waals surface area contributed by atoms with Gasteiger partial charge in [-0.1, -0.05) is 11.6 Å². The highest BCUT2D eigenvalue weighted by Crippen LogP contribution is 2.22. The fourth-order valence-electron chi connectivity index (χ4n) is 2.54. The fraction of sp³-hybridized carbons (Fsp3) is 0.615. The van der Waals surface area contributed by atoms with E-state index < -0.39 is 10.0 Å². The summed E-state index contributed by atoms with van der Waals surface area (Å²) in [6, 6.07) is 0. The van der Waals surface area contributed by atoms with Crippen LogP contribution in [0.15, 0.2) is 16.5 Å². The van der Waals surface area contributed by atoms with E-state index in [1.807, 2.05) is 0 Å². The van der Waals surface area contributed by atoms with Crippen LogP contribution in [0.4, 0.5) is 5.82 Å². The Morgan fingerprint density at radius 1 is 1.45 bits per heavy atom. The van der Waals surface area contributed by atoms with Gasteiger partial charge in [0.1, 0.15) is 10.7 Å². The van der Waals surface area contributed by atoms with Crippen molar-refractivity contribution in [2.75, 3.05) is 12.3 Å². The molecule has 0 atom stereocenters.